The Morgan fingerprint density at radius 1 is 1.40 bits per heavy atom. The monoisotopic (exact) mass is 307 g/mol. The zero-order valence-corrected chi connectivity index (χ0v) is 12.5. The number of sulfonamides is 1. The highest BCUT2D eigenvalue weighted by Crippen LogP contribution is 2.19. The normalized spacial score (nSPS) is 19.4. The van der Waals surface area contributed by atoms with Crippen molar-refractivity contribution in [3.8, 4) is 0 Å². The number of aliphatic carboxylic acids is 1. The first-order valence-electron chi connectivity index (χ1n) is 6.37. The Balaban J connectivity index is 2.33. The van der Waals surface area contributed by atoms with Gasteiger partial charge in [-0.25, -0.2) is 17.5 Å². The zero-order chi connectivity index (χ0) is 15.3. The molecule has 9 heteroatoms. The highest BCUT2D eigenvalue weighted by Gasteiger charge is 2.27. The van der Waals surface area contributed by atoms with Crippen LogP contribution in [0.4, 0.5) is 4.79 Å². The molecule has 1 aliphatic rings. The highest BCUT2D eigenvalue weighted by molar-refractivity contribution is 7.89. The fourth-order valence-corrected chi connectivity index (χ4v) is 2.74. The van der Waals surface area contributed by atoms with E-state index < -0.39 is 16.0 Å². The van der Waals surface area contributed by atoms with Crippen LogP contribution in [0.25, 0.3) is 0 Å². The van der Waals surface area contributed by atoms with Gasteiger partial charge in [-0.1, -0.05) is 0 Å². The standard InChI is InChI=1S/C11H21N3O5S/c1-13(2)20(18,19)6-4-12-11(17)14-5-3-9(8-14)7-10(15)16/h9H,3-8H2,1-2H3,(H,12,17)(H,15,16). The SMILES string of the molecule is CN(C)S(=O)(=O)CCNC(=O)N1CCC(CC(=O)O)C1. The summed E-state index contributed by atoms with van der Waals surface area (Å²) < 4.78 is 24.1. The summed E-state index contributed by atoms with van der Waals surface area (Å²) in [6.45, 7) is 0.947. The molecule has 1 rings (SSSR count). The van der Waals surface area contributed by atoms with E-state index in [4.69, 9.17) is 5.11 Å². The van der Waals surface area contributed by atoms with E-state index in [1.165, 1.54) is 19.0 Å². The van der Waals surface area contributed by atoms with Crippen molar-refractivity contribution in [2.45, 2.75) is 12.8 Å². The number of likely N-dealkylation sites (tertiary alicyclic amines) is 1. The van der Waals surface area contributed by atoms with E-state index in [0.29, 0.717) is 19.5 Å². The Morgan fingerprint density at radius 2 is 2.05 bits per heavy atom. The third kappa shape index (κ3) is 4.97. The van der Waals surface area contributed by atoms with Crippen molar-refractivity contribution in [1.82, 2.24) is 14.5 Å². The molecule has 0 saturated carbocycles. The first kappa shape index (κ1) is 16.7. The second kappa shape index (κ2) is 6.89. The lowest BCUT2D eigenvalue weighted by molar-refractivity contribution is -0.138. The summed E-state index contributed by atoms with van der Waals surface area (Å²) in [6.07, 6.45) is 0.717. The van der Waals surface area contributed by atoms with E-state index in [0.717, 1.165) is 4.31 Å². The van der Waals surface area contributed by atoms with Crippen LogP contribution in [0.15, 0.2) is 0 Å². The van der Waals surface area contributed by atoms with Gasteiger partial charge in [0.15, 0.2) is 0 Å². The van der Waals surface area contributed by atoms with Crippen LogP contribution in [0.3, 0.4) is 0 Å². The molecule has 0 radical (unpaired) electrons. The fraction of sp³-hybridized carbons (Fsp3) is 0.818. The van der Waals surface area contributed by atoms with Gasteiger partial charge in [-0.05, 0) is 12.3 Å². The number of hydrogen-bond acceptors (Lipinski definition) is 4. The van der Waals surface area contributed by atoms with Gasteiger partial charge in [0.2, 0.25) is 10.0 Å². The van der Waals surface area contributed by atoms with Crippen LogP contribution in [0.5, 0.6) is 0 Å². The predicted octanol–water partition coefficient (Wildman–Crippen LogP) is -0.616. The largest absolute Gasteiger partial charge is 0.481 e. The molecule has 1 saturated heterocycles. The van der Waals surface area contributed by atoms with Gasteiger partial charge in [-0.2, -0.15) is 0 Å². The number of urea groups is 1. The van der Waals surface area contributed by atoms with E-state index in [1.807, 2.05) is 0 Å². The average Bonchev–Trinajstić information content (AvgIpc) is 2.76. The third-order valence-electron chi connectivity index (χ3n) is 3.23. The van der Waals surface area contributed by atoms with Crippen LogP contribution in [-0.4, -0.2) is 74.2 Å². The van der Waals surface area contributed by atoms with Gasteiger partial charge in [-0.15, -0.1) is 0 Å². The van der Waals surface area contributed by atoms with E-state index in [9.17, 15) is 18.0 Å². The first-order valence-corrected chi connectivity index (χ1v) is 7.98. The maximum Gasteiger partial charge on any atom is 0.317 e. The molecule has 1 aliphatic heterocycles. The molecule has 0 aromatic rings. The number of hydrogen-bond donors (Lipinski definition) is 2. The molecule has 1 fully saturated rings. The summed E-state index contributed by atoms with van der Waals surface area (Å²) in [4.78, 5) is 23.9. The van der Waals surface area contributed by atoms with Gasteiger partial charge in [-0.3, -0.25) is 4.79 Å². The summed E-state index contributed by atoms with van der Waals surface area (Å²) in [5.41, 5.74) is 0. The number of carboxylic acids is 1. The number of nitrogens with zero attached hydrogens (tertiary/aromatic N) is 2. The van der Waals surface area contributed by atoms with Crippen LogP contribution >= 0.6 is 0 Å². The Morgan fingerprint density at radius 3 is 2.60 bits per heavy atom. The van der Waals surface area contributed by atoms with E-state index in [1.54, 1.807) is 0 Å². The van der Waals surface area contributed by atoms with Crippen molar-refractivity contribution in [2.24, 2.45) is 5.92 Å². The molecule has 0 aromatic heterocycles. The van der Waals surface area contributed by atoms with Crippen LogP contribution < -0.4 is 5.32 Å². The van der Waals surface area contributed by atoms with Crippen LogP contribution in [-0.2, 0) is 14.8 Å². The molecule has 2 amide bonds. The highest BCUT2D eigenvalue weighted by atomic mass is 32.2. The van der Waals surface area contributed by atoms with Crippen molar-refractivity contribution in [2.75, 3.05) is 39.5 Å². The smallest absolute Gasteiger partial charge is 0.317 e. The summed E-state index contributed by atoms with van der Waals surface area (Å²) in [5, 5.41) is 11.2. The van der Waals surface area contributed by atoms with Crippen molar-refractivity contribution in [1.29, 1.82) is 0 Å². The molecule has 2 N–H and O–H groups in total. The average molecular weight is 307 g/mol. The molecule has 0 aromatic carbocycles. The topological polar surface area (TPSA) is 107 Å². The van der Waals surface area contributed by atoms with Gasteiger partial charge in [0.25, 0.3) is 0 Å². The van der Waals surface area contributed by atoms with Gasteiger partial charge in [0.05, 0.1) is 5.75 Å². The number of carboxylic acid groups (broad SMARTS) is 1. The number of rotatable bonds is 6. The van der Waals surface area contributed by atoms with Crippen molar-refractivity contribution >= 4 is 22.0 Å². The molecular formula is C11H21N3O5S. The van der Waals surface area contributed by atoms with E-state index in [2.05, 4.69) is 5.32 Å². The zero-order valence-electron chi connectivity index (χ0n) is 11.7. The molecule has 1 atom stereocenters. The van der Waals surface area contributed by atoms with Crippen molar-refractivity contribution < 1.29 is 23.1 Å². The number of amides is 2. The van der Waals surface area contributed by atoms with Gasteiger partial charge >= 0.3 is 12.0 Å². The summed E-state index contributed by atoms with van der Waals surface area (Å²) in [6, 6.07) is -0.341. The fourth-order valence-electron chi connectivity index (χ4n) is 2.01. The molecule has 0 bridgehead atoms. The quantitative estimate of drug-likeness (QED) is 0.680. The predicted molar refractivity (Wildman–Crippen MR) is 72.8 cm³/mol. The Bertz CT molecular complexity index is 463. The Kier molecular flexibility index (Phi) is 5.75. The lowest BCUT2D eigenvalue weighted by Gasteiger charge is -2.18. The van der Waals surface area contributed by atoms with Crippen LogP contribution in [0.2, 0.25) is 0 Å². The minimum atomic E-state index is -3.32. The molecule has 8 nitrogen and oxygen atoms in total. The lowest BCUT2D eigenvalue weighted by Crippen LogP contribution is -2.41. The molecule has 0 aliphatic carbocycles. The second-order valence-corrected chi connectivity index (χ2v) is 7.33. The maximum absolute atomic E-state index is 11.8. The third-order valence-corrected chi connectivity index (χ3v) is 5.06. The van der Waals surface area contributed by atoms with Crippen molar-refractivity contribution in [3.05, 3.63) is 0 Å². The van der Waals surface area contributed by atoms with Crippen LogP contribution in [0, 0.1) is 5.92 Å². The molecule has 1 unspecified atom stereocenters. The van der Waals surface area contributed by atoms with Gasteiger partial charge < -0.3 is 15.3 Å². The number of nitrogens with one attached hydrogen (secondary N) is 1. The van der Waals surface area contributed by atoms with E-state index in [-0.39, 0.29) is 30.7 Å². The lowest BCUT2D eigenvalue weighted by atomic mass is 10.1. The van der Waals surface area contributed by atoms with Crippen molar-refractivity contribution in [3.63, 3.8) is 0 Å². The minimum absolute atomic E-state index is 0.0243. The summed E-state index contributed by atoms with van der Waals surface area (Å²) in [5.74, 6) is -1.05. The molecule has 116 valence electrons. The Hall–Kier alpha value is -1.35. The molecule has 20 heavy (non-hydrogen) atoms. The van der Waals surface area contributed by atoms with E-state index >= 15 is 0 Å². The van der Waals surface area contributed by atoms with Gasteiger partial charge in [0, 0.05) is 40.2 Å². The molecular weight excluding hydrogens is 286 g/mol. The second-order valence-electron chi connectivity index (χ2n) is 5.03. The summed E-state index contributed by atoms with van der Waals surface area (Å²) >= 11 is 0. The Labute approximate surface area is 118 Å². The van der Waals surface area contributed by atoms with Crippen LogP contribution in [0.1, 0.15) is 12.8 Å². The summed E-state index contributed by atoms with van der Waals surface area (Å²) in [7, 11) is -0.444. The van der Waals surface area contributed by atoms with Gasteiger partial charge in [0.1, 0.15) is 0 Å². The number of carbonyl (C=O) groups excluding carboxylic acids is 1. The number of carbonyl (C=O) groups is 2. The minimum Gasteiger partial charge on any atom is -0.481 e. The molecule has 1 heterocycles. The first-order chi connectivity index (χ1) is 9.22. The maximum atomic E-state index is 11.8. The molecule has 0 spiro atoms.